The fourth-order valence-corrected chi connectivity index (χ4v) is 4.18. The molecule has 0 bridgehead atoms. The van der Waals surface area contributed by atoms with Crippen LogP contribution < -0.4 is 10.6 Å². The van der Waals surface area contributed by atoms with Crippen molar-refractivity contribution in [1.82, 2.24) is 25.0 Å². The lowest BCUT2D eigenvalue weighted by atomic mass is 9.91. The molecule has 0 aromatic carbocycles. The molecule has 2 N–H and O–H groups in total. The van der Waals surface area contributed by atoms with E-state index in [0.717, 1.165) is 37.3 Å². The van der Waals surface area contributed by atoms with E-state index in [2.05, 4.69) is 34.6 Å². The molecule has 0 saturated carbocycles. The number of aromatic nitrogens is 3. The molecule has 2 amide bonds. The van der Waals surface area contributed by atoms with Crippen LogP contribution in [0.25, 0.3) is 0 Å². The highest BCUT2D eigenvalue weighted by Crippen LogP contribution is 2.39. The zero-order chi connectivity index (χ0) is 20.4. The maximum absolute atomic E-state index is 12.8. The third-order valence-electron chi connectivity index (χ3n) is 5.71. The summed E-state index contributed by atoms with van der Waals surface area (Å²) in [6.07, 6.45) is 6.57. The Morgan fingerprint density at radius 3 is 2.97 bits per heavy atom. The van der Waals surface area contributed by atoms with Crippen LogP contribution in [0.15, 0.2) is 30.6 Å². The predicted molar refractivity (Wildman–Crippen MR) is 110 cm³/mol. The highest BCUT2D eigenvalue weighted by atomic mass is 16.2. The Morgan fingerprint density at radius 1 is 1.38 bits per heavy atom. The maximum Gasteiger partial charge on any atom is 0.256 e. The second-order valence-electron chi connectivity index (χ2n) is 8.38. The van der Waals surface area contributed by atoms with Crippen molar-refractivity contribution in [2.75, 3.05) is 25.0 Å². The van der Waals surface area contributed by atoms with E-state index in [1.165, 1.54) is 0 Å². The van der Waals surface area contributed by atoms with Crippen molar-refractivity contribution < 1.29 is 9.59 Å². The van der Waals surface area contributed by atoms with E-state index < -0.39 is 0 Å². The topological polar surface area (TPSA) is 92.2 Å². The van der Waals surface area contributed by atoms with Gasteiger partial charge in [0.1, 0.15) is 11.4 Å². The molecule has 0 spiro atoms. The van der Waals surface area contributed by atoms with E-state index in [0.29, 0.717) is 25.1 Å². The summed E-state index contributed by atoms with van der Waals surface area (Å²) < 4.78 is 1.89. The number of nitrogens with zero attached hydrogens (tertiary/aromatic N) is 4. The minimum Gasteiger partial charge on any atom is -0.361 e. The molecular weight excluding hydrogens is 368 g/mol. The van der Waals surface area contributed by atoms with Gasteiger partial charge < -0.3 is 15.5 Å². The number of carbonyl (C=O) groups excluding carboxylic acids is 2. The average molecular weight is 396 g/mol. The molecule has 4 rings (SSSR count). The standard InChI is InChI=1S/C21H28N6O2/c1-21(2)13-17(16-7-3-4-9-22-16)25-19-15(14-24-27(19)21)20(29)23-10-6-12-26-11-5-8-18(26)28/h3-4,7,9,14,17,25H,5-6,8,10-13H2,1-2H3,(H,23,29). The summed E-state index contributed by atoms with van der Waals surface area (Å²) in [5, 5.41) is 10.9. The van der Waals surface area contributed by atoms with Gasteiger partial charge in [0.2, 0.25) is 5.91 Å². The number of anilines is 1. The molecule has 4 heterocycles. The third kappa shape index (κ3) is 3.97. The number of carbonyl (C=O) groups is 2. The van der Waals surface area contributed by atoms with Gasteiger partial charge in [-0.2, -0.15) is 5.10 Å². The lowest BCUT2D eigenvalue weighted by Crippen LogP contribution is -2.39. The Labute approximate surface area is 170 Å². The van der Waals surface area contributed by atoms with Crippen molar-refractivity contribution in [3.05, 3.63) is 41.9 Å². The number of nitrogens with one attached hydrogen (secondary N) is 2. The number of amides is 2. The monoisotopic (exact) mass is 396 g/mol. The Bertz CT molecular complexity index is 892. The number of hydrogen-bond donors (Lipinski definition) is 2. The first-order valence-electron chi connectivity index (χ1n) is 10.3. The Morgan fingerprint density at radius 2 is 2.24 bits per heavy atom. The summed E-state index contributed by atoms with van der Waals surface area (Å²) in [5.41, 5.74) is 1.25. The van der Waals surface area contributed by atoms with Gasteiger partial charge >= 0.3 is 0 Å². The number of likely N-dealkylation sites (tertiary alicyclic amines) is 1. The lowest BCUT2D eigenvalue weighted by molar-refractivity contribution is -0.127. The minimum absolute atomic E-state index is 0.0168. The second kappa shape index (κ2) is 7.85. The van der Waals surface area contributed by atoms with E-state index >= 15 is 0 Å². The molecule has 8 heteroatoms. The first-order chi connectivity index (χ1) is 14.0. The molecule has 2 aliphatic rings. The summed E-state index contributed by atoms with van der Waals surface area (Å²) in [6, 6.07) is 5.89. The van der Waals surface area contributed by atoms with E-state index in [9.17, 15) is 9.59 Å². The van der Waals surface area contributed by atoms with Gasteiger partial charge in [0.05, 0.1) is 23.5 Å². The van der Waals surface area contributed by atoms with Crippen molar-refractivity contribution in [3.63, 3.8) is 0 Å². The number of rotatable bonds is 6. The largest absolute Gasteiger partial charge is 0.361 e. The molecule has 2 aromatic heterocycles. The predicted octanol–water partition coefficient (Wildman–Crippen LogP) is 2.31. The number of hydrogen-bond acceptors (Lipinski definition) is 5. The van der Waals surface area contributed by atoms with Crippen molar-refractivity contribution in [3.8, 4) is 0 Å². The summed E-state index contributed by atoms with van der Waals surface area (Å²) in [6.45, 7) is 6.29. The highest BCUT2D eigenvalue weighted by molar-refractivity contribution is 5.98. The number of pyridine rings is 1. The van der Waals surface area contributed by atoms with E-state index in [-0.39, 0.29) is 23.4 Å². The van der Waals surface area contributed by atoms with Gasteiger partial charge in [-0.15, -0.1) is 0 Å². The molecule has 8 nitrogen and oxygen atoms in total. The molecule has 2 aliphatic heterocycles. The summed E-state index contributed by atoms with van der Waals surface area (Å²) in [5.74, 6) is 0.794. The van der Waals surface area contributed by atoms with Crippen molar-refractivity contribution >= 4 is 17.6 Å². The van der Waals surface area contributed by atoms with Gasteiger partial charge in [-0.1, -0.05) is 6.07 Å². The van der Waals surface area contributed by atoms with Crippen molar-refractivity contribution in [1.29, 1.82) is 0 Å². The van der Waals surface area contributed by atoms with Crippen LogP contribution in [0.4, 0.5) is 5.82 Å². The van der Waals surface area contributed by atoms with Gasteiger partial charge in [0.25, 0.3) is 5.91 Å². The molecule has 1 fully saturated rings. The van der Waals surface area contributed by atoms with Crippen LogP contribution in [0.3, 0.4) is 0 Å². The van der Waals surface area contributed by atoms with Gasteiger partial charge in [-0.05, 0) is 45.2 Å². The van der Waals surface area contributed by atoms with Gasteiger partial charge in [-0.3, -0.25) is 14.6 Å². The van der Waals surface area contributed by atoms with Crippen LogP contribution >= 0.6 is 0 Å². The normalized spacial score (nSPS) is 20.3. The van der Waals surface area contributed by atoms with Crippen LogP contribution in [-0.2, 0) is 10.3 Å². The fraction of sp³-hybridized carbons (Fsp3) is 0.524. The number of fused-ring (bicyclic) bond motifs is 1. The minimum atomic E-state index is -0.239. The molecule has 1 saturated heterocycles. The van der Waals surface area contributed by atoms with E-state index in [1.54, 1.807) is 12.4 Å². The third-order valence-corrected chi connectivity index (χ3v) is 5.71. The van der Waals surface area contributed by atoms with Crippen LogP contribution in [-0.4, -0.2) is 51.1 Å². The summed E-state index contributed by atoms with van der Waals surface area (Å²) in [4.78, 5) is 30.8. The van der Waals surface area contributed by atoms with Gasteiger partial charge in [0, 0.05) is 32.3 Å². The zero-order valence-electron chi connectivity index (χ0n) is 17.0. The van der Waals surface area contributed by atoms with E-state index in [1.807, 2.05) is 27.8 Å². The fourth-order valence-electron chi connectivity index (χ4n) is 4.18. The highest BCUT2D eigenvalue weighted by Gasteiger charge is 2.37. The van der Waals surface area contributed by atoms with Crippen LogP contribution in [0.2, 0.25) is 0 Å². The van der Waals surface area contributed by atoms with Crippen LogP contribution in [0.1, 0.15) is 61.6 Å². The molecule has 1 atom stereocenters. The van der Waals surface area contributed by atoms with Crippen molar-refractivity contribution in [2.24, 2.45) is 0 Å². The summed E-state index contributed by atoms with van der Waals surface area (Å²) >= 11 is 0. The Balaban J connectivity index is 1.42. The van der Waals surface area contributed by atoms with Gasteiger partial charge in [0.15, 0.2) is 0 Å². The van der Waals surface area contributed by atoms with Crippen molar-refractivity contribution in [2.45, 2.75) is 51.1 Å². The average Bonchev–Trinajstić information content (AvgIpc) is 3.32. The zero-order valence-corrected chi connectivity index (χ0v) is 17.0. The van der Waals surface area contributed by atoms with Gasteiger partial charge in [-0.25, -0.2) is 4.68 Å². The first kappa shape index (κ1) is 19.4. The summed E-state index contributed by atoms with van der Waals surface area (Å²) in [7, 11) is 0. The molecule has 154 valence electrons. The molecule has 0 radical (unpaired) electrons. The molecular formula is C21H28N6O2. The lowest BCUT2D eigenvalue weighted by Gasteiger charge is -2.37. The van der Waals surface area contributed by atoms with Crippen LogP contribution in [0, 0.1) is 0 Å². The Kier molecular flexibility index (Phi) is 5.25. The smallest absolute Gasteiger partial charge is 0.256 e. The Hall–Kier alpha value is -2.90. The quantitative estimate of drug-likeness (QED) is 0.731. The molecule has 2 aromatic rings. The molecule has 29 heavy (non-hydrogen) atoms. The maximum atomic E-state index is 12.8. The second-order valence-corrected chi connectivity index (χ2v) is 8.38. The van der Waals surface area contributed by atoms with E-state index in [4.69, 9.17) is 0 Å². The molecule has 0 aliphatic carbocycles. The van der Waals surface area contributed by atoms with Crippen LogP contribution in [0.5, 0.6) is 0 Å². The molecule has 1 unspecified atom stereocenters. The SMILES string of the molecule is CC1(C)CC(c2ccccn2)Nc2c(C(=O)NCCCN3CCCC3=O)cnn21. The first-order valence-corrected chi connectivity index (χ1v) is 10.3.